The molecule has 1 heterocycles. The van der Waals surface area contributed by atoms with Crippen LogP contribution in [-0.2, 0) is 16.0 Å². The largest absolute Gasteiger partial charge is 0.462 e. The van der Waals surface area contributed by atoms with E-state index in [1.165, 1.54) is 6.07 Å². The Labute approximate surface area is 88.1 Å². The highest BCUT2D eigenvalue weighted by Crippen LogP contribution is 2.19. The first-order valence-corrected chi connectivity index (χ1v) is 5.18. The van der Waals surface area contributed by atoms with Gasteiger partial charge >= 0.3 is 5.97 Å². The number of cyclic esters (lactones) is 1. The van der Waals surface area contributed by atoms with E-state index in [-0.39, 0.29) is 17.9 Å². The maximum Gasteiger partial charge on any atom is 0.306 e. The van der Waals surface area contributed by atoms with Crippen LogP contribution in [0.3, 0.4) is 0 Å². The molecule has 3 heteroatoms. The first-order chi connectivity index (χ1) is 7.25. The zero-order valence-electron chi connectivity index (χ0n) is 8.41. The normalized spacial score (nSPS) is 20.3. The van der Waals surface area contributed by atoms with Crippen molar-refractivity contribution in [3.63, 3.8) is 0 Å². The van der Waals surface area contributed by atoms with Crippen molar-refractivity contribution in [2.24, 2.45) is 0 Å². The predicted molar refractivity (Wildman–Crippen MR) is 53.8 cm³/mol. The first kappa shape index (κ1) is 10.1. The molecular formula is C12H13FO2. The summed E-state index contributed by atoms with van der Waals surface area (Å²) in [6, 6.07) is 6.72. The van der Waals surface area contributed by atoms with E-state index < -0.39 is 0 Å². The Morgan fingerprint density at radius 2 is 2.20 bits per heavy atom. The van der Waals surface area contributed by atoms with Crippen molar-refractivity contribution >= 4 is 5.97 Å². The molecular weight excluding hydrogens is 195 g/mol. The summed E-state index contributed by atoms with van der Waals surface area (Å²) >= 11 is 0. The van der Waals surface area contributed by atoms with Gasteiger partial charge in [0.1, 0.15) is 11.9 Å². The fourth-order valence-electron chi connectivity index (χ4n) is 1.80. The van der Waals surface area contributed by atoms with Gasteiger partial charge in [-0.25, -0.2) is 4.39 Å². The molecule has 1 fully saturated rings. The molecule has 1 aliphatic heterocycles. The highest BCUT2D eigenvalue weighted by atomic mass is 19.1. The summed E-state index contributed by atoms with van der Waals surface area (Å²) in [6.07, 6.45) is 2.60. The second-order valence-electron chi connectivity index (χ2n) is 3.78. The molecule has 80 valence electrons. The first-order valence-electron chi connectivity index (χ1n) is 5.18. The maximum absolute atomic E-state index is 13.2. The van der Waals surface area contributed by atoms with Crippen LogP contribution in [0.1, 0.15) is 24.8 Å². The van der Waals surface area contributed by atoms with Gasteiger partial charge in [0, 0.05) is 6.42 Å². The van der Waals surface area contributed by atoms with Crippen molar-refractivity contribution in [1.29, 1.82) is 0 Å². The number of ether oxygens (including phenoxy) is 1. The van der Waals surface area contributed by atoms with Crippen LogP contribution in [0.25, 0.3) is 0 Å². The van der Waals surface area contributed by atoms with Gasteiger partial charge in [0.15, 0.2) is 0 Å². The Morgan fingerprint density at radius 3 is 2.87 bits per heavy atom. The fraction of sp³-hybridized carbons (Fsp3) is 0.417. The van der Waals surface area contributed by atoms with Crippen LogP contribution in [-0.4, -0.2) is 12.1 Å². The highest BCUT2D eigenvalue weighted by molar-refractivity contribution is 5.71. The SMILES string of the molecule is O=C1CC[C@H](CCc2ccccc2F)O1. The van der Waals surface area contributed by atoms with E-state index in [0.29, 0.717) is 24.8 Å². The van der Waals surface area contributed by atoms with E-state index >= 15 is 0 Å². The molecule has 1 aromatic rings. The Balaban J connectivity index is 1.88. The number of benzene rings is 1. The van der Waals surface area contributed by atoms with Gasteiger partial charge in [0.25, 0.3) is 0 Å². The molecule has 0 amide bonds. The van der Waals surface area contributed by atoms with Crippen LogP contribution in [0, 0.1) is 5.82 Å². The van der Waals surface area contributed by atoms with Crippen LogP contribution >= 0.6 is 0 Å². The van der Waals surface area contributed by atoms with Gasteiger partial charge in [-0.3, -0.25) is 4.79 Å². The highest BCUT2D eigenvalue weighted by Gasteiger charge is 2.22. The summed E-state index contributed by atoms with van der Waals surface area (Å²) in [4.78, 5) is 10.8. The minimum atomic E-state index is -0.179. The third-order valence-electron chi connectivity index (χ3n) is 2.66. The number of aryl methyl sites for hydroxylation is 1. The third-order valence-corrected chi connectivity index (χ3v) is 2.66. The monoisotopic (exact) mass is 208 g/mol. The number of hydrogen-bond donors (Lipinski definition) is 0. The smallest absolute Gasteiger partial charge is 0.306 e. The van der Waals surface area contributed by atoms with E-state index in [0.717, 1.165) is 6.42 Å². The zero-order chi connectivity index (χ0) is 10.7. The summed E-state index contributed by atoms with van der Waals surface area (Å²) in [5, 5.41) is 0. The number of carbonyl (C=O) groups is 1. The Kier molecular flexibility index (Phi) is 2.99. The lowest BCUT2D eigenvalue weighted by Gasteiger charge is -2.08. The van der Waals surface area contributed by atoms with Gasteiger partial charge in [-0.2, -0.15) is 0 Å². The van der Waals surface area contributed by atoms with Crippen LogP contribution in [0.4, 0.5) is 4.39 Å². The lowest BCUT2D eigenvalue weighted by atomic mass is 10.0. The van der Waals surface area contributed by atoms with Crippen LogP contribution < -0.4 is 0 Å². The lowest BCUT2D eigenvalue weighted by molar-refractivity contribution is -0.141. The maximum atomic E-state index is 13.2. The second-order valence-corrected chi connectivity index (χ2v) is 3.78. The molecule has 1 aromatic carbocycles. The minimum absolute atomic E-state index is 0.0166. The van der Waals surface area contributed by atoms with E-state index in [1.807, 2.05) is 6.07 Å². The molecule has 1 saturated heterocycles. The molecule has 0 bridgehead atoms. The summed E-state index contributed by atoms with van der Waals surface area (Å²) in [5.74, 6) is -0.310. The van der Waals surface area contributed by atoms with Crippen LogP contribution in [0.15, 0.2) is 24.3 Å². The molecule has 0 aromatic heterocycles. The summed E-state index contributed by atoms with van der Waals surface area (Å²) in [5.41, 5.74) is 0.695. The van der Waals surface area contributed by atoms with Gasteiger partial charge in [-0.05, 0) is 30.9 Å². The minimum Gasteiger partial charge on any atom is -0.462 e. The van der Waals surface area contributed by atoms with Crippen molar-refractivity contribution < 1.29 is 13.9 Å². The molecule has 0 spiro atoms. The van der Waals surface area contributed by atoms with Gasteiger partial charge in [-0.15, -0.1) is 0 Å². The zero-order valence-corrected chi connectivity index (χ0v) is 8.41. The summed E-state index contributed by atoms with van der Waals surface area (Å²) < 4.78 is 18.3. The van der Waals surface area contributed by atoms with Crippen molar-refractivity contribution in [3.05, 3.63) is 35.6 Å². The summed E-state index contributed by atoms with van der Waals surface area (Å²) in [6.45, 7) is 0. The molecule has 2 nitrogen and oxygen atoms in total. The number of carbonyl (C=O) groups excluding carboxylic acids is 1. The van der Waals surface area contributed by atoms with Crippen molar-refractivity contribution in [2.75, 3.05) is 0 Å². The second kappa shape index (κ2) is 4.43. The van der Waals surface area contributed by atoms with E-state index in [9.17, 15) is 9.18 Å². The third kappa shape index (κ3) is 2.55. The Morgan fingerprint density at radius 1 is 1.40 bits per heavy atom. The molecule has 0 saturated carbocycles. The summed E-state index contributed by atoms with van der Waals surface area (Å²) in [7, 11) is 0. The van der Waals surface area contributed by atoms with E-state index in [1.54, 1.807) is 12.1 Å². The Bertz CT molecular complexity index is 362. The van der Waals surface area contributed by atoms with E-state index in [2.05, 4.69) is 0 Å². The van der Waals surface area contributed by atoms with Gasteiger partial charge in [-0.1, -0.05) is 18.2 Å². The van der Waals surface area contributed by atoms with Crippen molar-refractivity contribution in [3.8, 4) is 0 Å². The van der Waals surface area contributed by atoms with E-state index in [4.69, 9.17) is 4.74 Å². The molecule has 0 N–H and O–H groups in total. The molecule has 0 aliphatic carbocycles. The van der Waals surface area contributed by atoms with Gasteiger partial charge in [0.2, 0.25) is 0 Å². The number of rotatable bonds is 3. The quantitative estimate of drug-likeness (QED) is 0.713. The van der Waals surface area contributed by atoms with Gasteiger partial charge < -0.3 is 4.74 Å². The lowest BCUT2D eigenvalue weighted by Crippen LogP contribution is -2.08. The van der Waals surface area contributed by atoms with Crippen molar-refractivity contribution in [1.82, 2.24) is 0 Å². The number of halogens is 1. The molecule has 0 unspecified atom stereocenters. The topological polar surface area (TPSA) is 26.3 Å². The number of hydrogen-bond acceptors (Lipinski definition) is 2. The predicted octanol–water partition coefficient (Wildman–Crippen LogP) is 2.46. The van der Waals surface area contributed by atoms with Crippen LogP contribution in [0.2, 0.25) is 0 Å². The average Bonchev–Trinajstić information content (AvgIpc) is 2.63. The number of esters is 1. The molecule has 15 heavy (non-hydrogen) atoms. The average molecular weight is 208 g/mol. The van der Waals surface area contributed by atoms with Crippen molar-refractivity contribution in [2.45, 2.75) is 31.8 Å². The molecule has 2 rings (SSSR count). The Hall–Kier alpha value is -1.38. The standard InChI is InChI=1S/C12H13FO2/c13-11-4-2-1-3-9(11)5-6-10-7-8-12(14)15-10/h1-4,10H,5-8H2/t10-/m0/s1. The molecule has 1 atom stereocenters. The fourth-order valence-corrected chi connectivity index (χ4v) is 1.80. The van der Waals surface area contributed by atoms with Crippen LogP contribution in [0.5, 0.6) is 0 Å². The molecule has 1 aliphatic rings. The van der Waals surface area contributed by atoms with Gasteiger partial charge in [0.05, 0.1) is 0 Å². The molecule has 0 radical (unpaired) electrons.